The summed E-state index contributed by atoms with van der Waals surface area (Å²) >= 11 is 6.31. The monoisotopic (exact) mass is 535 g/mol. The van der Waals surface area contributed by atoms with Crippen LogP contribution >= 0.6 is 11.6 Å². The first-order valence-corrected chi connectivity index (χ1v) is 12.7. The van der Waals surface area contributed by atoms with E-state index in [9.17, 15) is 19.7 Å². The van der Waals surface area contributed by atoms with E-state index in [4.69, 9.17) is 11.6 Å². The fourth-order valence-electron chi connectivity index (χ4n) is 4.47. The predicted octanol–water partition coefficient (Wildman–Crippen LogP) is 5.84. The lowest BCUT2D eigenvalue weighted by atomic mass is 9.80. The van der Waals surface area contributed by atoms with Crippen LogP contribution in [-0.2, 0) is 13.1 Å². The van der Waals surface area contributed by atoms with Crippen molar-refractivity contribution in [3.8, 4) is 6.07 Å². The minimum atomic E-state index is -1.49. The molecule has 5 nitrogen and oxygen atoms in total. The molecule has 8 heteroatoms. The third-order valence-corrected chi connectivity index (χ3v) is 6.74. The maximum atomic E-state index is 13.4. The van der Waals surface area contributed by atoms with Gasteiger partial charge in [-0.05, 0) is 64.6 Å². The van der Waals surface area contributed by atoms with Gasteiger partial charge in [0.25, 0.3) is 0 Å². The van der Waals surface area contributed by atoms with E-state index >= 15 is 0 Å². The molecule has 0 bridgehead atoms. The minimum absolute atomic E-state index is 0.280. The fraction of sp³-hybridized carbons (Fsp3) is 0.0645. The highest BCUT2D eigenvalue weighted by atomic mass is 35.5. The van der Waals surface area contributed by atoms with Crippen LogP contribution < -0.4 is 10.8 Å². The van der Waals surface area contributed by atoms with Crippen LogP contribution in [0.25, 0.3) is 22.6 Å². The molecular weight excluding hydrogens is 512 g/mol. The van der Waals surface area contributed by atoms with E-state index in [0.717, 1.165) is 38.8 Å². The third kappa shape index (κ3) is 6.22. The molecule has 0 fully saturated rings. The van der Waals surface area contributed by atoms with Crippen LogP contribution in [0.1, 0.15) is 22.3 Å². The highest BCUT2D eigenvalue weighted by molar-refractivity contribution is 6.58. The van der Waals surface area contributed by atoms with Gasteiger partial charge in [-0.25, -0.2) is 4.39 Å². The van der Waals surface area contributed by atoms with Gasteiger partial charge in [-0.1, -0.05) is 66.2 Å². The largest absolute Gasteiger partial charge is 0.488 e. The van der Waals surface area contributed by atoms with Gasteiger partial charge in [0, 0.05) is 40.9 Å². The SMILES string of the molecule is N#C/C(=C\c1cn(Cc2ccc(F)cc2)c2cc(Cl)ccc12)c1cccc(NCc2ccc(B(O)O)cc2)c1. The summed E-state index contributed by atoms with van der Waals surface area (Å²) in [6, 6.07) is 29.1. The molecule has 0 aliphatic heterocycles. The Balaban J connectivity index is 1.42. The first-order valence-electron chi connectivity index (χ1n) is 12.3. The molecule has 0 atom stereocenters. The fourth-order valence-corrected chi connectivity index (χ4v) is 4.64. The van der Waals surface area contributed by atoms with Gasteiger partial charge in [-0.15, -0.1) is 0 Å². The Morgan fingerprint density at radius 1 is 0.974 bits per heavy atom. The summed E-state index contributed by atoms with van der Waals surface area (Å²) in [6.45, 7) is 1.07. The van der Waals surface area contributed by atoms with Gasteiger partial charge < -0.3 is 19.9 Å². The molecule has 3 N–H and O–H groups in total. The van der Waals surface area contributed by atoms with Crippen LogP contribution in [0.5, 0.6) is 0 Å². The zero-order valence-electron chi connectivity index (χ0n) is 20.9. The molecule has 0 unspecified atom stereocenters. The van der Waals surface area contributed by atoms with E-state index in [1.807, 2.05) is 71.4 Å². The number of benzene rings is 4. The summed E-state index contributed by atoms with van der Waals surface area (Å²) in [5.41, 5.74) is 6.30. The predicted molar refractivity (Wildman–Crippen MR) is 156 cm³/mol. The summed E-state index contributed by atoms with van der Waals surface area (Å²) < 4.78 is 15.4. The normalized spacial score (nSPS) is 11.4. The summed E-state index contributed by atoms with van der Waals surface area (Å²) in [6.07, 6.45) is 3.85. The number of hydrogen-bond donors (Lipinski definition) is 3. The summed E-state index contributed by atoms with van der Waals surface area (Å²) in [4.78, 5) is 0. The molecule has 0 saturated carbocycles. The second kappa shape index (κ2) is 11.6. The van der Waals surface area contributed by atoms with E-state index in [1.54, 1.807) is 24.3 Å². The highest BCUT2D eigenvalue weighted by Crippen LogP contribution is 2.29. The van der Waals surface area contributed by atoms with Crippen LogP contribution in [0.4, 0.5) is 10.1 Å². The van der Waals surface area contributed by atoms with Gasteiger partial charge in [0.2, 0.25) is 0 Å². The van der Waals surface area contributed by atoms with Crippen molar-refractivity contribution in [2.45, 2.75) is 13.1 Å². The molecular formula is C31H24BClFN3O2. The smallest absolute Gasteiger partial charge is 0.423 e. The molecule has 192 valence electrons. The zero-order valence-corrected chi connectivity index (χ0v) is 21.6. The van der Waals surface area contributed by atoms with Crippen LogP contribution in [0.2, 0.25) is 5.02 Å². The lowest BCUT2D eigenvalue weighted by Crippen LogP contribution is -2.29. The molecule has 0 radical (unpaired) electrons. The van der Waals surface area contributed by atoms with Crippen molar-refractivity contribution in [2.75, 3.05) is 5.32 Å². The van der Waals surface area contributed by atoms with Crippen molar-refractivity contribution in [1.29, 1.82) is 5.26 Å². The molecule has 1 heterocycles. The molecule has 0 amide bonds. The Hall–Kier alpha value is -4.35. The Kier molecular flexibility index (Phi) is 7.80. The van der Waals surface area contributed by atoms with Crippen molar-refractivity contribution in [3.05, 3.63) is 130 Å². The van der Waals surface area contributed by atoms with Crippen LogP contribution in [0.3, 0.4) is 0 Å². The van der Waals surface area contributed by atoms with Crippen molar-refractivity contribution in [1.82, 2.24) is 4.57 Å². The van der Waals surface area contributed by atoms with Crippen molar-refractivity contribution >= 4 is 52.4 Å². The van der Waals surface area contributed by atoms with Crippen LogP contribution in [0, 0.1) is 17.1 Å². The first kappa shape index (κ1) is 26.3. The second-order valence-corrected chi connectivity index (χ2v) is 9.66. The highest BCUT2D eigenvalue weighted by Gasteiger charge is 2.12. The number of hydrogen-bond acceptors (Lipinski definition) is 4. The Bertz CT molecular complexity index is 1690. The summed E-state index contributed by atoms with van der Waals surface area (Å²) in [7, 11) is -1.49. The molecule has 0 aliphatic rings. The Labute approximate surface area is 231 Å². The molecule has 0 saturated heterocycles. The molecule has 5 aromatic rings. The lowest BCUT2D eigenvalue weighted by molar-refractivity contribution is 0.426. The number of nitriles is 1. The Morgan fingerprint density at radius 2 is 1.72 bits per heavy atom. The molecule has 4 aromatic carbocycles. The average Bonchev–Trinajstić information content (AvgIpc) is 3.27. The van der Waals surface area contributed by atoms with E-state index in [0.29, 0.717) is 29.1 Å². The van der Waals surface area contributed by atoms with Gasteiger partial charge in [0.15, 0.2) is 0 Å². The van der Waals surface area contributed by atoms with E-state index in [1.165, 1.54) is 12.1 Å². The summed E-state index contributed by atoms with van der Waals surface area (Å²) in [5, 5.41) is 33.5. The average molecular weight is 536 g/mol. The minimum Gasteiger partial charge on any atom is -0.423 e. The van der Waals surface area contributed by atoms with Gasteiger partial charge in [-0.2, -0.15) is 5.26 Å². The Morgan fingerprint density at radius 3 is 2.44 bits per heavy atom. The maximum absolute atomic E-state index is 13.4. The lowest BCUT2D eigenvalue weighted by Gasteiger charge is -2.09. The van der Waals surface area contributed by atoms with E-state index in [-0.39, 0.29) is 5.82 Å². The van der Waals surface area contributed by atoms with Gasteiger partial charge in [-0.3, -0.25) is 0 Å². The molecule has 39 heavy (non-hydrogen) atoms. The van der Waals surface area contributed by atoms with E-state index in [2.05, 4.69) is 11.4 Å². The van der Waals surface area contributed by atoms with Crippen LogP contribution in [0.15, 0.2) is 97.2 Å². The van der Waals surface area contributed by atoms with Gasteiger partial charge in [0.1, 0.15) is 5.82 Å². The van der Waals surface area contributed by atoms with E-state index < -0.39 is 7.12 Å². The number of nitrogens with zero attached hydrogens (tertiary/aromatic N) is 2. The second-order valence-electron chi connectivity index (χ2n) is 9.22. The number of aromatic nitrogens is 1. The van der Waals surface area contributed by atoms with Gasteiger partial charge in [0.05, 0.1) is 17.2 Å². The van der Waals surface area contributed by atoms with Crippen molar-refractivity contribution in [2.24, 2.45) is 0 Å². The standard InChI is InChI=1S/C31H24BClFN3O2/c33-27-10-13-30-25(20-37(31(30)16-27)19-22-6-11-28(34)12-7-22)14-24(17-35)23-2-1-3-29(15-23)36-18-21-4-8-26(9-5-21)32(38)39/h1-16,20,36,38-39H,18-19H2/b24-14+. The van der Waals surface area contributed by atoms with Crippen LogP contribution in [-0.4, -0.2) is 21.7 Å². The zero-order chi connectivity index (χ0) is 27.4. The van der Waals surface area contributed by atoms with Crippen molar-refractivity contribution < 1.29 is 14.4 Å². The molecule has 0 spiro atoms. The number of halogens is 2. The number of anilines is 1. The first-order chi connectivity index (χ1) is 18.9. The summed E-state index contributed by atoms with van der Waals surface area (Å²) in [5.74, 6) is -0.280. The molecule has 1 aromatic heterocycles. The number of nitrogens with one attached hydrogen (secondary N) is 1. The molecule has 0 aliphatic carbocycles. The number of fused-ring (bicyclic) bond motifs is 1. The number of allylic oxidation sites excluding steroid dienone is 1. The number of rotatable bonds is 8. The third-order valence-electron chi connectivity index (χ3n) is 6.51. The maximum Gasteiger partial charge on any atom is 0.488 e. The quantitative estimate of drug-likeness (QED) is 0.172. The topological polar surface area (TPSA) is 81.2 Å². The van der Waals surface area contributed by atoms with Gasteiger partial charge >= 0.3 is 7.12 Å². The van der Waals surface area contributed by atoms with Crippen molar-refractivity contribution in [3.63, 3.8) is 0 Å². The molecule has 5 rings (SSSR count).